The molecule has 10 aromatic carbocycles. The molecule has 0 bridgehead atoms. The highest BCUT2D eigenvalue weighted by molar-refractivity contribution is 6.00. The van der Waals surface area contributed by atoms with Crippen molar-refractivity contribution in [1.29, 1.82) is 0 Å². The molecule has 60 heavy (non-hydrogen) atoms. The molecule has 0 saturated carbocycles. The summed E-state index contributed by atoms with van der Waals surface area (Å²) in [5.41, 5.74) is 17.5. The summed E-state index contributed by atoms with van der Waals surface area (Å²) in [6, 6.07) is 91.1. The van der Waals surface area contributed by atoms with Gasteiger partial charge in [0.15, 0.2) is 0 Å². The van der Waals surface area contributed by atoms with Crippen LogP contribution in [0.1, 0.15) is 22.3 Å². The molecule has 0 aromatic heterocycles. The van der Waals surface area contributed by atoms with Crippen LogP contribution in [0.5, 0.6) is 0 Å². The van der Waals surface area contributed by atoms with Crippen LogP contribution in [-0.4, -0.2) is 0 Å². The van der Waals surface area contributed by atoms with Crippen molar-refractivity contribution in [2.45, 2.75) is 5.41 Å². The van der Waals surface area contributed by atoms with Crippen LogP contribution in [0.2, 0.25) is 0 Å². The smallest absolute Gasteiger partial charge is 0.0714 e. The first-order chi connectivity index (χ1) is 29.8. The zero-order valence-corrected chi connectivity index (χ0v) is 33.1. The first-order valence-corrected chi connectivity index (χ1v) is 20.8. The SMILES string of the molecule is c1ccc(-c2ccccc2N(c2cccc(-c3cccc(-c4cccc5ccccc45)c3)c2)c2cccc3c2-c2ccccc2C3(c2ccccc2)c2ccccc2)cc1. The van der Waals surface area contributed by atoms with Gasteiger partial charge < -0.3 is 4.90 Å². The van der Waals surface area contributed by atoms with Gasteiger partial charge >= 0.3 is 0 Å². The molecule has 1 heteroatoms. The molecule has 10 aromatic rings. The summed E-state index contributed by atoms with van der Waals surface area (Å²) in [5.74, 6) is 0. The molecule has 1 aliphatic rings. The van der Waals surface area contributed by atoms with Gasteiger partial charge in [0, 0.05) is 16.8 Å². The summed E-state index contributed by atoms with van der Waals surface area (Å²) < 4.78 is 0. The molecule has 0 spiro atoms. The second-order valence-corrected chi connectivity index (χ2v) is 15.6. The maximum absolute atomic E-state index is 2.50. The Morgan fingerprint density at radius 1 is 0.300 bits per heavy atom. The molecule has 0 fully saturated rings. The van der Waals surface area contributed by atoms with Gasteiger partial charge in [-0.15, -0.1) is 0 Å². The summed E-state index contributed by atoms with van der Waals surface area (Å²) in [6.07, 6.45) is 0. The van der Waals surface area contributed by atoms with Crippen molar-refractivity contribution in [3.8, 4) is 44.5 Å². The van der Waals surface area contributed by atoms with Crippen molar-refractivity contribution in [3.63, 3.8) is 0 Å². The summed E-state index contributed by atoms with van der Waals surface area (Å²) in [4.78, 5) is 2.50. The van der Waals surface area contributed by atoms with Crippen LogP contribution in [0.3, 0.4) is 0 Å². The maximum Gasteiger partial charge on any atom is 0.0714 e. The fraction of sp³-hybridized carbons (Fsp3) is 0.0169. The normalized spacial score (nSPS) is 12.5. The van der Waals surface area contributed by atoms with E-state index in [-0.39, 0.29) is 0 Å². The van der Waals surface area contributed by atoms with E-state index in [4.69, 9.17) is 0 Å². The molecular weight excluding hydrogens is 723 g/mol. The topological polar surface area (TPSA) is 3.24 Å². The lowest BCUT2D eigenvalue weighted by molar-refractivity contribution is 0.768. The third-order valence-corrected chi connectivity index (χ3v) is 12.3. The van der Waals surface area contributed by atoms with E-state index < -0.39 is 5.41 Å². The Kier molecular flexibility index (Phi) is 8.79. The highest BCUT2D eigenvalue weighted by Crippen LogP contribution is 2.60. The third-order valence-electron chi connectivity index (χ3n) is 12.3. The van der Waals surface area contributed by atoms with Crippen LogP contribution in [0.15, 0.2) is 249 Å². The van der Waals surface area contributed by atoms with Gasteiger partial charge in [-0.25, -0.2) is 0 Å². The van der Waals surface area contributed by atoms with Crippen molar-refractivity contribution in [2.24, 2.45) is 0 Å². The monoisotopic (exact) mass is 763 g/mol. The average Bonchev–Trinajstić information content (AvgIpc) is 3.64. The summed E-state index contributed by atoms with van der Waals surface area (Å²) in [5, 5.41) is 2.51. The first-order valence-electron chi connectivity index (χ1n) is 20.8. The molecule has 0 heterocycles. The minimum atomic E-state index is -0.515. The lowest BCUT2D eigenvalue weighted by Crippen LogP contribution is -2.28. The summed E-state index contributed by atoms with van der Waals surface area (Å²) in [7, 11) is 0. The van der Waals surface area contributed by atoms with E-state index in [1.165, 1.54) is 72.0 Å². The van der Waals surface area contributed by atoms with Gasteiger partial charge in [-0.3, -0.25) is 0 Å². The summed E-state index contributed by atoms with van der Waals surface area (Å²) in [6.45, 7) is 0. The van der Waals surface area contributed by atoms with Crippen LogP contribution in [-0.2, 0) is 5.41 Å². The number of hydrogen-bond donors (Lipinski definition) is 0. The maximum atomic E-state index is 2.50. The Labute approximate surface area is 352 Å². The second-order valence-electron chi connectivity index (χ2n) is 15.6. The molecule has 282 valence electrons. The highest BCUT2D eigenvalue weighted by atomic mass is 15.1. The van der Waals surface area contributed by atoms with E-state index in [2.05, 4.69) is 254 Å². The van der Waals surface area contributed by atoms with Crippen LogP contribution in [0, 0.1) is 0 Å². The molecular formula is C59H41N. The molecule has 1 nitrogen and oxygen atoms in total. The fourth-order valence-electron chi connectivity index (χ4n) is 9.77. The van der Waals surface area contributed by atoms with E-state index in [0.717, 1.165) is 22.6 Å². The average molecular weight is 764 g/mol. The molecule has 1 aliphatic carbocycles. The summed E-state index contributed by atoms with van der Waals surface area (Å²) >= 11 is 0. The molecule has 0 aliphatic heterocycles. The molecule has 0 saturated heterocycles. The first kappa shape index (κ1) is 35.4. The number of anilines is 3. The van der Waals surface area contributed by atoms with Crippen molar-refractivity contribution in [3.05, 3.63) is 271 Å². The third kappa shape index (κ3) is 5.78. The van der Waals surface area contributed by atoms with Crippen molar-refractivity contribution in [2.75, 3.05) is 4.90 Å². The Hall–Kier alpha value is -7.74. The number of rotatable bonds is 8. The van der Waals surface area contributed by atoms with Gasteiger partial charge in [-0.05, 0) is 96.7 Å². The standard InChI is InChI=1S/C59H41N/c1-4-20-43(21-5-1)52-33-13-15-38-56(52)60(49-31-17-25-45(41-49)44-24-16-26-46(40-44)51-35-18-23-42-22-10-11-32-50(42)51)57-39-19-37-55-58(57)53-34-12-14-36-54(53)59(55,47-27-6-2-7-28-47)48-29-8-3-9-30-48/h1-41H. The van der Waals surface area contributed by atoms with E-state index in [1.54, 1.807) is 0 Å². The van der Waals surface area contributed by atoms with Gasteiger partial charge in [0.2, 0.25) is 0 Å². The minimum Gasteiger partial charge on any atom is -0.309 e. The van der Waals surface area contributed by atoms with Crippen molar-refractivity contribution < 1.29 is 0 Å². The Morgan fingerprint density at radius 3 is 1.58 bits per heavy atom. The lowest BCUT2D eigenvalue weighted by Gasteiger charge is -2.34. The molecule has 11 rings (SSSR count). The molecule has 0 unspecified atom stereocenters. The fourth-order valence-corrected chi connectivity index (χ4v) is 9.77. The van der Waals surface area contributed by atoms with E-state index in [1.807, 2.05) is 0 Å². The molecule has 0 radical (unpaired) electrons. The van der Waals surface area contributed by atoms with Gasteiger partial charge in [-0.1, -0.05) is 218 Å². The molecule has 0 amide bonds. The highest BCUT2D eigenvalue weighted by Gasteiger charge is 2.47. The largest absolute Gasteiger partial charge is 0.309 e. The number of fused-ring (bicyclic) bond motifs is 4. The zero-order valence-electron chi connectivity index (χ0n) is 33.1. The predicted molar refractivity (Wildman–Crippen MR) is 252 cm³/mol. The Morgan fingerprint density at radius 2 is 0.800 bits per heavy atom. The number of benzene rings is 10. The number of para-hydroxylation sites is 1. The van der Waals surface area contributed by atoms with Crippen LogP contribution >= 0.6 is 0 Å². The van der Waals surface area contributed by atoms with Gasteiger partial charge in [0.05, 0.1) is 16.8 Å². The molecule has 0 atom stereocenters. The number of hydrogen-bond acceptors (Lipinski definition) is 1. The molecule has 0 N–H and O–H groups in total. The van der Waals surface area contributed by atoms with Gasteiger partial charge in [0.1, 0.15) is 0 Å². The van der Waals surface area contributed by atoms with Crippen molar-refractivity contribution in [1.82, 2.24) is 0 Å². The minimum absolute atomic E-state index is 0.515. The van der Waals surface area contributed by atoms with Crippen LogP contribution in [0.25, 0.3) is 55.3 Å². The zero-order chi connectivity index (χ0) is 39.9. The quantitative estimate of drug-likeness (QED) is 0.149. The Balaban J connectivity index is 1.16. The van der Waals surface area contributed by atoms with Crippen LogP contribution in [0.4, 0.5) is 17.1 Å². The number of nitrogens with zero attached hydrogens (tertiary/aromatic N) is 1. The van der Waals surface area contributed by atoms with Crippen LogP contribution < -0.4 is 4.90 Å². The van der Waals surface area contributed by atoms with Crippen molar-refractivity contribution >= 4 is 27.8 Å². The lowest BCUT2D eigenvalue weighted by atomic mass is 9.68. The van der Waals surface area contributed by atoms with Gasteiger partial charge in [0.25, 0.3) is 0 Å². The van der Waals surface area contributed by atoms with E-state index in [9.17, 15) is 0 Å². The Bertz CT molecular complexity index is 3100. The van der Waals surface area contributed by atoms with E-state index >= 15 is 0 Å². The van der Waals surface area contributed by atoms with Gasteiger partial charge in [-0.2, -0.15) is 0 Å². The predicted octanol–water partition coefficient (Wildman–Crippen LogP) is 15.7. The second kappa shape index (κ2) is 14.9. The van der Waals surface area contributed by atoms with E-state index in [0.29, 0.717) is 0 Å².